The average molecular weight is 692 g/mol. The van der Waals surface area contributed by atoms with Crippen LogP contribution in [0.2, 0.25) is 0 Å². The maximum atomic E-state index is 12.1. The maximum Gasteiger partial charge on any atom is 0.251 e. The van der Waals surface area contributed by atoms with Crippen LogP contribution in [0.4, 0.5) is 0 Å². The van der Waals surface area contributed by atoms with Crippen molar-refractivity contribution in [2.75, 3.05) is 71.8 Å². The van der Waals surface area contributed by atoms with Gasteiger partial charge in [0.05, 0.1) is 39.1 Å². The van der Waals surface area contributed by atoms with Gasteiger partial charge < -0.3 is 50.3 Å². The number of benzene rings is 1. The molecule has 246 valence electrons. The molecule has 2 amide bonds. The van der Waals surface area contributed by atoms with Crippen LogP contribution in [-0.4, -0.2) is 130 Å². The largest absolute Gasteiger partial charge is 0.490 e. The highest BCUT2D eigenvalue weighted by Crippen LogP contribution is 2.30. The van der Waals surface area contributed by atoms with Crippen LogP contribution in [0.3, 0.4) is 0 Å². The molecular formula is C27H42BN3O9S4. The monoisotopic (exact) mass is 691 g/mol. The summed E-state index contributed by atoms with van der Waals surface area (Å²) in [4.78, 5) is 24.2. The summed E-state index contributed by atoms with van der Waals surface area (Å²) in [5, 5.41) is 24.5. The third-order valence-corrected chi connectivity index (χ3v) is 9.63. The second-order valence-electron chi connectivity index (χ2n) is 9.10. The van der Waals surface area contributed by atoms with E-state index in [-0.39, 0.29) is 81.0 Å². The number of nitrogens with two attached hydrogens (primary N) is 1. The topological polar surface area (TPSA) is 171 Å². The van der Waals surface area contributed by atoms with Gasteiger partial charge in [0, 0.05) is 24.7 Å². The molecular weight excluding hydrogens is 649 g/mol. The zero-order valence-electron chi connectivity index (χ0n) is 24.9. The summed E-state index contributed by atoms with van der Waals surface area (Å²) in [6, 6.07) is 6.70. The van der Waals surface area contributed by atoms with Crippen molar-refractivity contribution in [1.82, 2.24) is 10.6 Å². The second kappa shape index (κ2) is 24.0. The van der Waals surface area contributed by atoms with Crippen molar-refractivity contribution < 1.29 is 43.5 Å². The molecule has 0 aliphatic carbocycles. The van der Waals surface area contributed by atoms with E-state index in [1.165, 1.54) is 43.2 Å². The number of rotatable bonds is 22. The highest BCUT2D eigenvalue weighted by molar-refractivity contribution is 8.76. The number of hydrogen-bond acceptors (Lipinski definition) is 14. The first kappa shape index (κ1) is 38.9. The summed E-state index contributed by atoms with van der Waals surface area (Å²) >= 11 is 0. The normalized spacial score (nSPS) is 19.0. The Labute approximate surface area is 275 Å². The third-order valence-electron chi connectivity index (χ3n) is 5.85. The minimum Gasteiger partial charge on any atom is -0.490 e. The summed E-state index contributed by atoms with van der Waals surface area (Å²) in [5.41, 5.74) is 5.25. The summed E-state index contributed by atoms with van der Waals surface area (Å²) in [7, 11) is 6.40. The molecule has 0 radical (unpaired) electrons. The minimum absolute atomic E-state index is 0.121. The van der Waals surface area contributed by atoms with E-state index in [9.17, 15) is 19.8 Å². The Morgan fingerprint density at radius 1 is 1.18 bits per heavy atom. The van der Waals surface area contributed by atoms with Gasteiger partial charge in [-0.25, -0.2) is 0 Å². The Hall–Kier alpha value is -1.30. The number of amides is 2. The van der Waals surface area contributed by atoms with Crippen molar-refractivity contribution in [1.29, 1.82) is 0 Å². The molecule has 1 aliphatic heterocycles. The molecule has 0 saturated carbocycles. The first-order chi connectivity index (χ1) is 21.4. The van der Waals surface area contributed by atoms with Crippen molar-refractivity contribution in [2.45, 2.75) is 35.5 Å². The number of nitrogens with one attached hydrogen (secondary N) is 2. The maximum absolute atomic E-state index is 12.1. The number of carbonyl (C=O) groups excluding carboxylic acids is 2. The van der Waals surface area contributed by atoms with Crippen LogP contribution < -0.4 is 21.1 Å². The molecule has 2 unspecified atom stereocenters. The number of aliphatic hydroxyl groups excluding tert-OH is 2. The fraction of sp³-hybridized carbons (Fsp3) is 0.630. The van der Waals surface area contributed by atoms with Crippen molar-refractivity contribution in [3.05, 3.63) is 29.8 Å². The van der Waals surface area contributed by atoms with Crippen molar-refractivity contribution in [2.24, 2.45) is 5.73 Å². The summed E-state index contributed by atoms with van der Waals surface area (Å²) in [5.74, 6) is 5.94. The molecule has 0 spiro atoms. The fourth-order valence-corrected chi connectivity index (χ4v) is 6.76. The van der Waals surface area contributed by atoms with E-state index in [0.29, 0.717) is 38.1 Å². The summed E-state index contributed by atoms with van der Waals surface area (Å²) in [6.45, 7) is 1.28. The highest BCUT2D eigenvalue weighted by atomic mass is 33.1. The van der Waals surface area contributed by atoms with Gasteiger partial charge in [-0.1, -0.05) is 55.2 Å². The quantitative estimate of drug-likeness (QED) is 0.0374. The smallest absolute Gasteiger partial charge is 0.251 e. The summed E-state index contributed by atoms with van der Waals surface area (Å²) < 4.78 is 28.8. The van der Waals surface area contributed by atoms with Crippen LogP contribution in [0.25, 0.3) is 0 Å². The van der Waals surface area contributed by atoms with Crippen LogP contribution in [0.1, 0.15) is 16.8 Å². The molecule has 1 saturated heterocycles. The van der Waals surface area contributed by atoms with Gasteiger partial charge in [-0.15, -0.1) is 0 Å². The van der Waals surface area contributed by atoms with Crippen LogP contribution in [0.5, 0.6) is 5.75 Å². The molecule has 1 fully saturated rings. The minimum atomic E-state index is -0.459. The third kappa shape index (κ3) is 15.8. The molecule has 1 aromatic rings. The van der Waals surface area contributed by atoms with Gasteiger partial charge >= 0.3 is 0 Å². The van der Waals surface area contributed by atoms with Gasteiger partial charge in [0.15, 0.2) is 0 Å². The fourth-order valence-electron chi connectivity index (χ4n) is 3.87. The predicted octanol–water partition coefficient (Wildman–Crippen LogP) is 0.460. The lowest BCUT2D eigenvalue weighted by molar-refractivity contribution is -0.126. The first-order valence-corrected chi connectivity index (χ1v) is 19.2. The lowest BCUT2D eigenvalue weighted by Crippen LogP contribution is -2.31. The Kier molecular flexibility index (Phi) is 21.2. The lowest BCUT2D eigenvalue weighted by atomic mass is 9.71. The number of hydrogen-bond donors (Lipinski definition) is 5. The SMILES string of the molecule is CSSC(COc1cccc(C(=O)NCCN)c1)OCCOCC(=O)NCC#CB[C@H]1C[C@@H](O[C@H](CO)SSC)C(CO)O1. The van der Waals surface area contributed by atoms with Crippen LogP contribution in [0, 0.1) is 11.7 Å². The predicted molar refractivity (Wildman–Crippen MR) is 180 cm³/mol. The van der Waals surface area contributed by atoms with Gasteiger partial charge in [0.1, 0.15) is 35.9 Å². The van der Waals surface area contributed by atoms with E-state index in [0.717, 1.165) is 0 Å². The van der Waals surface area contributed by atoms with E-state index in [2.05, 4.69) is 22.4 Å². The van der Waals surface area contributed by atoms with E-state index >= 15 is 0 Å². The van der Waals surface area contributed by atoms with Gasteiger partial charge in [-0.3, -0.25) is 9.59 Å². The molecule has 1 heterocycles. The second-order valence-corrected chi connectivity index (χ2v) is 14.4. The Morgan fingerprint density at radius 2 is 1.98 bits per heavy atom. The van der Waals surface area contributed by atoms with Gasteiger partial charge in [0.2, 0.25) is 13.2 Å². The van der Waals surface area contributed by atoms with E-state index < -0.39 is 6.10 Å². The molecule has 1 aliphatic rings. The number of aliphatic hydroxyl groups is 2. The Morgan fingerprint density at radius 3 is 2.70 bits per heavy atom. The molecule has 0 bridgehead atoms. The molecule has 5 atom stereocenters. The Bertz CT molecular complexity index is 1040. The van der Waals surface area contributed by atoms with Gasteiger partial charge in [-0.05, 0) is 37.1 Å². The van der Waals surface area contributed by atoms with E-state index in [1.54, 1.807) is 24.3 Å². The van der Waals surface area contributed by atoms with E-state index in [4.69, 9.17) is 29.4 Å². The molecule has 17 heteroatoms. The number of carbonyl (C=O) groups is 2. The summed E-state index contributed by atoms with van der Waals surface area (Å²) in [6.07, 6.45) is 3.63. The lowest BCUT2D eigenvalue weighted by Gasteiger charge is -2.21. The molecule has 12 nitrogen and oxygen atoms in total. The average Bonchev–Trinajstić information content (AvgIpc) is 3.43. The van der Waals surface area contributed by atoms with Crippen molar-refractivity contribution >= 4 is 62.3 Å². The zero-order valence-corrected chi connectivity index (χ0v) is 28.2. The van der Waals surface area contributed by atoms with Crippen LogP contribution >= 0.6 is 43.2 Å². The first-order valence-electron chi connectivity index (χ1n) is 14.0. The Balaban J connectivity index is 1.61. The standard InChI is InChI=1S/C27H42BN3O9S4/c1-41-43-25(16-33)40-21-14-23(39-22(21)15-32)28-7-4-9-30-24(34)17-36-11-12-37-26(44-42-2)18-38-20-6-3-5-19(13-20)27(35)31-10-8-29/h3,5-6,13,21-23,25-26,28,32-33H,8-12,14-18,29H2,1-2H3,(H,30,34)(H,31,35)/t21-,22?,23-,25+,26?/m1/s1. The molecule has 2 rings (SSSR count). The number of ether oxygens (including phenoxy) is 5. The molecule has 44 heavy (non-hydrogen) atoms. The van der Waals surface area contributed by atoms with Crippen LogP contribution in [-0.2, 0) is 23.7 Å². The van der Waals surface area contributed by atoms with Crippen molar-refractivity contribution in [3.63, 3.8) is 0 Å². The van der Waals surface area contributed by atoms with Gasteiger partial charge in [0.25, 0.3) is 5.91 Å². The molecule has 0 aromatic heterocycles. The van der Waals surface area contributed by atoms with Gasteiger partial charge in [-0.2, -0.15) is 5.82 Å². The molecule has 1 aromatic carbocycles. The van der Waals surface area contributed by atoms with E-state index in [1.807, 2.05) is 12.5 Å². The highest BCUT2D eigenvalue weighted by Gasteiger charge is 2.37. The van der Waals surface area contributed by atoms with Crippen molar-refractivity contribution in [3.8, 4) is 17.5 Å². The zero-order chi connectivity index (χ0) is 32.0. The molecule has 6 N–H and O–H groups in total. The van der Waals surface area contributed by atoms with Crippen LogP contribution in [0.15, 0.2) is 24.3 Å².